The molecule has 3 amide bonds. The summed E-state index contributed by atoms with van der Waals surface area (Å²) in [4.78, 5) is 43.6. The lowest BCUT2D eigenvalue weighted by atomic mass is 9.73. The van der Waals surface area contributed by atoms with Crippen molar-refractivity contribution in [3.05, 3.63) is 71.0 Å². The number of nitrogens with zero attached hydrogens (tertiary/aromatic N) is 1. The minimum absolute atomic E-state index is 0.0143. The van der Waals surface area contributed by atoms with Crippen molar-refractivity contribution in [3.63, 3.8) is 0 Å². The van der Waals surface area contributed by atoms with Gasteiger partial charge in [0.05, 0.1) is 30.1 Å². The van der Waals surface area contributed by atoms with Gasteiger partial charge in [-0.1, -0.05) is 62.6 Å². The van der Waals surface area contributed by atoms with E-state index < -0.39 is 41.3 Å². The highest BCUT2D eigenvalue weighted by Gasteiger charge is 2.72. The first-order valence-electron chi connectivity index (χ1n) is 14.5. The number of amides is 3. The van der Waals surface area contributed by atoms with E-state index in [9.17, 15) is 18.8 Å². The summed E-state index contributed by atoms with van der Waals surface area (Å²) in [6.45, 7) is 4.53. The summed E-state index contributed by atoms with van der Waals surface area (Å²) in [5.74, 6) is -1.98. The molecule has 8 atom stereocenters. The van der Waals surface area contributed by atoms with E-state index in [1.807, 2.05) is 12.1 Å². The normalized spacial score (nSPS) is 33.0. The van der Waals surface area contributed by atoms with E-state index in [-0.39, 0.29) is 29.4 Å². The van der Waals surface area contributed by atoms with E-state index in [0.717, 1.165) is 24.8 Å². The number of anilines is 1. The van der Waals surface area contributed by atoms with Crippen LogP contribution in [-0.2, 0) is 25.7 Å². The zero-order valence-corrected chi connectivity index (χ0v) is 24.6. The van der Waals surface area contributed by atoms with E-state index in [1.54, 1.807) is 36.3 Å². The molecular formula is C32H35ClFN3O5. The van der Waals surface area contributed by atoms with Gasteiger partial charge in [0.2, 0.25) is 17.7 Å². The minimum atomic E-state index is -1.29. The topological polar surface area (TPSA) is 97.0 Å². The number of halogens is 2. The highest BCUT2D eigenvalue weighted by atomic mass is 35.5. The van der Waals surface area contributed by atoms with Gasteiger partial charge in [-0.3, -0.25) is 14.4 Å². The molecule has 42 heavy (non-hydrogen) atoms. The molecule has 10 heteroatoms. The van der Waals surface area contributed by atoms with Crippen molar-refractivity contribution < 1.29 is 28.2 Å². The molecule has 222 valence electrons. The molecule has 3 aliphatic heterocycles. The van der Waals surface area contributed by atoms with Crippen LogP contribution in [0.5, 0.6) is 5.75 Å². The fraction of sp³-hybridized carbons (Fsp3) is 0.469. The summed E-state index contributed by atoms with van der Waals surface area (Å²) < 4.78 is 25.4. The smallest absolute Gasteiger partial charge is 0.246 e. The van der Waals surface area contributed by atoms with Crippen LogP contribution in [-0.4, -0.2) is 53.5 Å². The van der Waals surface area contributed by atoms with Gasteiger partial charge in [-0.2, -0.15) is 0 Å². The van der Waals surface area contributed by atoms with E-state index in [4.69, 9.17) is 21.1 Å². The first-order chi connectivity index (χ1) is 20.1. The lowest BCUT2D eigenvalue weighted by molar-refractivity contribution is -0.142. The van der Waals surface area contributed by atoms with E-state index in [2.05, 4.69) is 24.5 Å². The van der Waals surface area contributed by atoms with E-state index >= 15 is 0 Å². The molecule has 2 bridgehead atoms. The maximum absolute atomic E-state index is 14.2. The van der Waals surface area contributed by atoms with E-state index in [1.165, 1.54) is 18.2 Å². The molecule has 2 saturated heterocycles. The molecule has 1 spiro atoms. The molecule has 1 aliphatic carbocycles. The number of hydrogen-bond donors (Lipinski definition) is 2. The van der Waals surface area contributed by atoms with Gasteiger partial charge in [-0.05, 0) is 54.2 Å². The van der Waals surface area contributed by atoms with Crippen molar-refractivity contribution in [1.82, 2.24) is 10.2 Å². The molecule has 3 fully saturated rings. The molecule has 1 saturated carbocycles. The third-order valence-corrected chi connectivity index (χ3v) is 9.95. The largest absolute Gasteiger partial charge is 0.497 e. The zero-order chi connectivity index (χ0) is 29.8. The lowest BCUT2D eigenvalue weighted by Crippen LogP contribution is -2.57. The Labute approximate surface area is 249 Å². The fourth-order valence-corrected chi connectivity index (χ4v) is 7.39. The van der Waals surface area contributed by atoms with Gasteiger partial charge in [0.15, 0.2) is 0 Å². The average molecular weight is 596 g/mol. The third kappa shape index (κ3) is 4.76. The number of carbonyl (C=O) groups is 3. The van der Waals surface area contributed by atoms with Gasteiger partial charge in [-0.15, -0.1) is 0 Å². The van der Waals surface area contributed by atoms with Crippen LogP contribution in [0.4, 0.5) is 10.1 Å². The summed E-state index contributed by atoms with van der Waals surface area (Å²) in [5, 5.41) is 5.91. The van der Waals surface area contributed by atoms with Crippen LogP contribution < -0.4 is 15.4 Å². The quantitative estimate of drug-likeness (QED) is 0.452. The second-order valence-corrected chi connectivity index (χ2v) is 12.4. The number of carbonyl (C=O) groups excluding carboxylic acids is 3. The van der Waals surface area contributed by atoms with Crippen molar-refractivity contribution in [2.45, 2.75) is 63.4 Å². The number of likely N-dealkylation sites (tertiary alicyclic amines) is 1. The Morgan fingerprint density at radius 1 is 1.14 bits per heavy atom. The van der Waals surface area contributed by atoms with Crippen molar-refractivity contribution in [3.8, 4) is 5.75 Å². The molecule has 3 heterocycles. The molecule has 0 aromatic heterocycles. The summed E-state index contributed by atoms with van der Waals surface area (Å²) >= 11 is 5.92. The number of nitrogens with one attached hydrogen (secondary N) is 2. The molecule has 2 N–H and O–H groups in total. The van der Waals surface area contributed by atoms with Crippen LogP contribution in [0.2, 0.25) is 5.02 Å². The first kappa shape index (κ1) is 28.7. The fourth-order valence-electron chi connectivity index (χ4n) is 7.21. The summed E-state index contributed by atoms with van der Waals surface area (Å²) in [6, 6.07) is 10.3. The Hall–Kier alpha value is -3.43. The zero-order valence-electron chi connectivity index (χ0n) is 23.8. The Morgan fingerprint density at radius 3 is 2.62 bits per heavy atom. The monoisotopic (exact) mass is 595 g/mol. The van der Waals surface area contributed by atoms with Crippen molar-refractivity contribution in [1.29, 1.82) is 0 Å². The van der Waals surface area contributed by atoms with Crippen molar-refractivity contribution >= 4 is 35.0 Å². The SMILES string of the molecule is COc1ccc(CN2C(=O)[C@H]3[C@H](C(=O)Nc4ccc(F)c(Cl)c4)[C@H]4C=C[C@@]3(O4)[C@@H]2C(=O)N[C@@H]2CCC[C@H](C)[C@@H]2C)cc1. The van der Waals surface area contributed by atoms with Gasteiger partial charge in [0.1, 0.15) is 23.2 Å². The Bertz CT molecular complexity index is 1430. The predicted molar refractivity (Wildman–Crippen MR) is 155 cm³/mol. The number of methoxy groups -OCH3 is 1. The van der Waals surface area contributed by atoms with Crippen LogP contribution in [0.1, 0.15) is 38.7 Å². The Morgan fingerprint density at radius 2 is 1.90 bits per heavy atom. The molecule has 2 aromatic carbocycles. The second kappa shape index (κ2) is 11.0. The highest BCUT2D eigenvalue weighted by molar-refractivity contribution is 6.31. The maximum Gasteiger partial charge on any atom is 0.246 e. The molecular weight excluding hydrogens is 561 g/mol. The highest BCUT2D eigenvalue weighted by Crippen LogP contribution is 2.55. The summed E-state index contributed by atoms with van der Waals surface area (Å²) in [6.07, 6.45) is 5.91. The number of ether oxygens (including phenoxy) is 2. The van der Waals surface area contributed by atoms with Gasteiger partial charge in [0.25, 0.3) is 0 Å². The number of fused-ring (bicyclic) bond motifs is 1. The Kier molecular flexibility index (Phi) is 7.51. The third-order valence-electron chi connectivity index (χ3n) is 9.66. The standard InChI is InChI=1S/C32H35ClFN3O5/c1-17-5-4-6-24(18(17)2)36-30(39)28-32-14-13-25(42-32)26(29(38)35-20-9-12-23(34)22(33)15-20)27(32)31(40)37(28)16-19-7-10-21(41-3)11-8-19/h7-15,17-18,24-28H,4-6,16H2,1-3H3,(H,35,38)(H,36,39)/t17-,18-,24+,25+,26+,27+,28-,32-/m0/s1. The van der Waals surface area contributed by atoms with Crippen LogP contribution in [0, 0.1) is 29.5 Å². The number of rotatable bonds is 7. The molecule has 8 nitrogen and oxygen atoms in total. The van der Waals surface area contributed by atoms with Crippen molar-refractivity contribution in [2.24, 2.45) is 23.7 Å². The van der Waals surface area contributed by atoms with Crippen LogP contribution in [0.15, 0.2) is 54.6 Å². The average Bonchev–Trinajstić information content (AvgIpc) is 3.61. The second-order valence-electron chi connectivity index (χ2n) is 12.0. The van der Waals surface area contributed by atoms with Gasteiger partial charge < -0.3 is 25.0 Å². The van der Waals surface area contributed by atoms with Gasteiger partial charge in [-0.25, -0.2) is 4.39 Å². The predicted octanol–water partition coefficient (Wildman–Crippen LogP) is 4.72. The minimum Gasteiger partial charge on any atom is -0.497 e. The molecule has 2 aromatic rings. The maximum atomic E-state index is 14.2. The van der Waals surface area contributed by atoms with Crippen molar-refractivity contribution in [2.75, 3.05) is 12.4 Å². The van der Waals surface area contributed by atoms with Gasteiger partial charge >= 0.3 is 0 Å². The summed E-state index contributed by atoms with van der Waals surface area (Å²) in [5.41, 5.74) is -0.162. The Balaban J connectivity index is 1.32. The van der Waals surface area contributed by atoms with Crippen LogP contribution in [0.25, 0.3) is 0 Å². The summed E-state index contributed by atoms with van der Waals surface area (Å²) in [7, 11) is 1.58. The van der Waals surface area contributed by atoms with E-state index in [0.29, 0.717) is 23.3 Å². The molecule has 0 unspecified atom stereocenters. The first-order valence-corrected chi connectivity index (χ1v) is 14.9. The molecule has 4 aliphatic rings. The molecule has 0 radical (unpaired) electrons. The number of benzene rings is 2. The van der Waals surface area contributed by atoms with Crippen LogP contribution in [0.3, 0.4) is 0 Å². The number of hydrogen-bond acceptors (Lipinski definition) is 5. The van der Waals surface area contributed by atoms with Crippen LogP contribution >= 0.6 is 11.6 Å². The van der Waals surface area contributed by atoms with Gasteiger partial charge in [0, 0.05) is 18.3 Å². The lowest BCUT2D eigenvalue weighted by Gasteiger charge is -2.38. The molecule has 6 rings (SSSR count).